The Morgan fingerprint density at radius 3 is 2.55 bits per heavy atom. The van der Waals surface area contributed by atoms with Crippen LogP contribution in [-0.2, 0) is 0 Å². The highest BCUT2D eigenvalue weighted by Gasteiger charge is 2.34. The zero-order chi connectivity index (χ0) is 20.9. The van der Waals surface area contributed by atoms with Gasteiger partial charge in [0.05, 0.1) is 12.2 Å². The number of nitrogens with zero attached hydrogens (tertiary/aromatic N) is 4. The third-order valence-corrected chi connectivity index (χ3v) is 5.41. The minimum Gasteiger partial charge on any atom is -0.506 e. The molecule has 2 heterocycles. The number of benzene rings is 1. The Hall–Kier alpha value is -2.16. The van der Waals surface area contributed by atoms with Gasteiger partial charge in [0, 0.05) is 45.8 Å². The van der Waals surface area contributed by atoms with Gasteiger partial charge in [0.2, 0.25) is 0 Å². The summed E-state index contributed by atoms with van der Waals surface area (Å²) in [6.07, 6.45) is -3.39. The van der Waals surface area contributed by atoms with E-state index >= 15 is 0 Å². The Labute approximate surface area is 170 Å². The van der Waals surface area contributed by atoms with Crippen LogP contribution in [0.15, 0.2) is 29.3 Å². The maximum Gasteiger partial charge on any atom is 0.401 e. The molecule has 2 aliphatic rings. The highest BCUT2D eigenvalue weighted by molar-refractivity contribution is 5.80. The lowest BCUT2D eigenvalue weighted by atomic mass is 10.1. The number of anilines is 1. The smallest absolute Gasteiger partial charge is 0.401 e. The van der Waals surface area contributed by atoms with Crippen molar-refractivity contribution in [1.82, 2.24) is 15.1 Å². The summed E-state index contributed by atoms with van der Waals surface area (Å²) in [7, 11) is 0. The number of phenolic OH excluding ortho intramolecular Hbond substituents is 1. The number of likely N-dealkylation sites (tertiary alicyclic amines) is 1. The molecule has 0 bridgehead atoms. The quantitative estimate of drug-likeness (QED) is 0.574. The van der Waals surface area contributed by atoms with E-state index < -0.39 is 12.7 Å². The van der Waals surface area contributed by atoms with Crippen LogP contribution in [0.4, 0.5) is 18.9 Å². The minimum atomic E-state index is -4.14. The maximum atomic E-state index is 12.6. The van der Waals surface area contributed by atoms with Gasteiger partial charge in [-0.1, -0.05) is 12.1 Å². The number of piperazine rings is 1. The number of rotatable bonds is 5. The number of aliphatic imine (C=N–C) groups is 1. The normalized spacial score (nSPS) is 21.7. The number of halogens is 3. The van der Waals surface area contributed by atoms with Crippen molar-refractivity contribution in [3.05, 3.63) is 24.3 Å². The Morgan fingerprint density at radius 1 is 1.17 bits per heavy atom. The number of hydrogen-bond acceptors (Lipinski definition) is 4. The number of guanidine groups is 1. The maximum absolute atomic E-state index is 12.6. The van der Waals surface area contributed by atoms with Crippen molar-refractivity contribution in [2.75, 3.05) is 63.8 Å². The number of hydrogen-bond donors (Lipinski definition) is 2. The van der Waals surface area contributed by atoms with E-state index in [9.17, 15) is 18.3 Å². The van der Waals surface area contributed by atoms with Crippen LogP contribution in [-0.4, -0.2) is 85.9 Å². The Bertz CT molecular complexity index is 689. The second-order valence-corrected chi connectivity index (χ2v) is 7.66. The number of aromatic hydroxyl groups is 1. The molecule has 9 heteroatoms. The SMILES string of the molecule is CCNC(=NCC1CCN(CC(F)(F)F)C1)N1CCN(c2ccccc2O)CC1. The summed E-state index contributed by atoms with van der Waals surface area (Å²) in [6, 6.07) is 7.33. The van der Waals surface area contributed by atoms with E-state index in [4.69, 9.17) is 4.99 Å². The summed E-state index contributed by atoms with van der Waals surface area (Å²) in [4.78, 5) is 10.5. The molecule has 0 aliphatic carbocycles. The first-order valence-electron chi connectivity index (χ1n) is 10.2. The molecule has 0 aromatic heterocycles. The second kappa shape index (κ2) is 9.56. The van der Waals surface area contributed by atoms with Crippen LogP contribution in [0.2, 0.25) is 0 Å². The van der Waals surface area contributed by atoms with Crippen molar-refractivity contribution in [2.45, 2.75) is 19.5 Å². The third-order valence-electron chi connectivity index (χ3n) is 5.41. The highest BCUT2D eigenvalue weighted by Crippen LogP contribution is 2.27. The van der Waals surface area contributed by atoms with Gasteiger partial charge in [-0.3, -0.25) is 9.89 Å². The predicted molar refractivity (Wildman–Crippen MR) is 108 cm³/mol. The lowest BCUT2D eigenvalue weighted by Crippen LogP contribution is -2.52. The number of phenols is 1. The monoisotopic (exact) mass is 413 g/mol. The molecular formula is C20H30F3N5O. The zero-order valence-electron chi connectivity index (χ0n) is 16.8. The van der Waals surface area contributed by atoms with Crippen molar-refractivity contribution >= 4 is 11.6 Å². The largest absolute Gasteiger partial charge is 0.506 e. The number of nitrogens with one attached hydrogen (secondary N) is 1. The van der Waals surface area contributed by atoms with Gasteiger partial charge in [0.1, 0.15) is 5.75 Å². The topological polar surface area (TPSA) is 54.3 Å². The van der Waals surface area contributed by atoms with Crippen molar-refractivity contribution in [3.63, 3.8) is 0 Å². The van der Waals surface area contributed by atoms with Crippen molar-refractivity contribution < 1.29 is 18.3 Å². The fraction of sp³-hybridized carbons (Fsp3) is 0.650. The number of para-hydroxylation sites is 2. The molecule has 1 atom stereocenters. The fourth-order valence-electron chi connectivity index (χ4n) is 3.99. The molecule has 2 fully saturated rings. The molecule has 0 radical (unpaired) electrons. The lowest BCUT2D eigenvalue weighted by molar-refractivity contribution is -0.143. The van der Waals surface area contributed by atoms with Crippen LogP contribution in [0, 0.1) is 5.92 Å². The fourth-order valence-corrected chi connectivity index (χ4v) is 3.99. The van der Waals surface area contributed by atoms with Crippen molar-refractivity contribution in [1.29, 1.82) is 0 Å². The van der Waals surface area contributed by atoms with Crippen molar-refractivity contribution in [2.24, 2.45) is 10.9 Å². The molecule has 0 spiro atoms. The third kappa shape index (κ3) is 6.16. The van der Waals surface area contributed by atoms with Crippen LogP contribution in [0.25, 0.3) is 0 Å². The molecule has 6 nitrogen and oxygen atoms in total. The molecule has 1 aromatic rings. The molecule has 2 aliphatic heterocycles. The molecule has 1 aromatic carbocycles. The van der Waals surface area contributed by atoms with Crippen molar-refractivity contribution in [3.8, 4) is 5.75 Å². The van der Waals surface area contributed by atoms with E-state index in [1.54, 1.807) is 6.07 Å². The molecule has 3 rings (SSSR count). The summed E-state index contributed by atoms with van der Waals surface area (Å²) in [5, 5.41) is 13.4. The molecular weight excluding hydrogens is 383 g/mol. The average Bonchev–Trinajstić information content (AvgIpc) is 3.11. The van der Waals surface area contributed by atoms with Gasteiger partial charge < -0.3 is 20.2 Å². The number of alkyl halides is 3. The van der Waals surface area contributed by atoms with Gasteiger partial charge in [0.15, 0.2) is 5.96 Å². The van der Waals surface area contributed by atoms with Gasteiger partial charge in [-0.15, -0.1) is 0 Å². The van der Waals surface area contributed by atoms with Crippen LogP contribution < -0.4 is 10.2 Å². The van der Waals surface area contributed by atoms with E-state index in [1.165, 1.54) is 4.90 Å². The van der Waals surface area contributed by atoms with Crippen LogP contribution >= 0.6 is 0 Å². The molecule has 0 amide bonds. The molecule has 1 unspecified atom stereocenters. The standard InChI is InChI=1S/C20H30F3N5O/c1-2-24-19(25-13-16-7-8-26(14-16)15-20(21,22)23)28-11-9-27(10-12-28)17-5-3-4-6-18(17)29/h3-6,16,29H,2,7-15H2,1H3,(H,24,25). The Balaban J connectivity index is 1.53. The Kier molecular flexibility index (Phi) is 7.10. The molecule has 2 saturated heterocycles. The van der Waals surface area contributed by atoms with Crippen LogP contribution in [0.1, 0.15) is 13.3 Å². The summed E-state index contributed by atoms with van der Waals surface area (Å²) < 4.78 is 37.7. The lowest BCUT2D eigenvalue weighted by Gasteiger charge is -2.38. The molecule has 2 N–H and O–H groups in total. The summed E-state index contributed by atoms with van der Waals surface area (Å²) in [5.74, 6) is 1.26. The summed E-state index contributed by atoms with van der Waals surface area (Å²) in [5.41, 5.74) is 0.838. The van der Waals surface area contributed by atoms with E-state index in [1.807, 2.05) is 25.1 Å². The van der Waals surface area contributed by atoms with Crippen LogP contribution in [0.3, 0.4) is 0 Å². The first-order valence-corrected chi connectivity index (χ1v) is 10.2. The van der Waals surface area contributed by atoms with E-state index in [0.29, 0.717) is 19.6 Å². The van der Waals surface area contributed by atoms with Gasteiger partial charge >= 0.3 is 6.18 Å². The van der Waals surface area contributed by atoms with Crippen LogP contribution in [0.5, 0.6) is 5.75 Å². The zero-order valence-corrected chi connectivity index (χ0v) is 16.8. The van der Waals surface area contributed by atoms with Gasteiger partial charge in [0.25, 0.3) is 0 Å². The van der Waals surface area contributed by atoms with Gasteiger partial charge in [-0.2, -0.15) is 13.2 Å². The first kappa shape index (κ1) is 21.5. The summed E-state index contributed by atoms with van der Waals surface area (Å²) >= 11 is 0. The predicted octanol–water partition coefficient (Wildman–Crippen LogP) is 2.36. The average molecular weight is 413 g/mol. The van der Waals surface area contributed by atoms with E-state index in [0.717, 1.165) is 50.8 Å². The first-order chi connectivity index (χ1) is 13.9. The van der Waals surface area contributed by atoms with E-state index in [-0.39, 0.29) is 11.7 Å². The summed E-state index contributed by atoms with van der Waals surface area (Å²) in [6.45, 7) is 6.46. The second-order valence-electron chi connectivity index (χ2n) is 7.66. The Morgan fingerprint density at radius 2 is 1.90 bits per heavy atom. The van der Waals surface area contributed by atoms with E-state index in [2.05, 4.69) is 15.1 Å². The van der Waals surface area contributed by atoms with Gasteiger partial charge in [-0.05, 0) is 37.9 Å². The minimum absolute atomic E-state index is 0.161. The van der Waals surface area contributed by atoms with Gasteiger partial charge in [-0.25, -0.2) is 0 Å². The molecule has 162 valence electrons. The molecule has 0 saturated carbocycles. The molecule has 29 heavy (non-hydrogen) atoms. The highest BCUT2D eigenvalue weighted by atomic mass is 19.4.